The predicted octanol–water partition coefficient (Wildman–Crippen LogP) is 3.42. The van der Waals surface area contributed by atoms with E-state index in [2.05, 4.69) is 18.7 Å². The predicted molar refractivity (Wildman–Crippen MR) is 65.5 cm³/mol. The molecule has 1 rings (SSSR count). The summed E-state index contributed by atoms with van der Waals surface area (Å²) in [7, 11) is 0. The third-order valence-electron chi connectivity index (χ3n) is 2.57. The van der Waals surface area contributed by atoms with Gasteiger partial charge in [-0.2, -0.15) is 0 Å². The van der Waals surface area contributed by atoms with E-state index in [0.717, 1.165) is 17.6 Å². The van der Waals surface area contributed by atoms with Gasteiger partial charge in [0.1, 0.15) is 0 Å². The molecular formula is C14H18O. The Morgan fingerprint density at radius 2 is 2.00 bits per heavy atom. The summed E-state index contributed by atoms with van der Waals surface area (Å²) in [5.41, 5.74) is 3.34. The summed E-state index contributed by atoms with van der Waals surface area (Å²) in [6, 6.07) is 10.1. The Kier molecular flexibility index (Phi) is 4.32. The molecule has 0 aliphatic carbocycles. The third kappa shape index (κ3) is 3.07. The van der Waals surface area contributed by atoms with E-state index in [-0.39, 0.29) is 0 Å². The lowest BCUT2D eigenvalue weighted by Crippen LogP contribution is -2.04. The van der Waals surface area contributed by atoms with Gasteiger partial charge in [0.05, 0.1) is 6.10 Å². The minimum absolute atomic E-state index is 0.403. The summed E-state index contributed by atoms with van der Waals surface area (Å²) < 4.78 is 0. The quantitative estimate of drug-likeness (QED) is 0.742. The molecule has 1 atom stereocenters. The molecule has 1 unspecified atom stereocenters. The van der Waals surface area contributed by atoms with Crippen molar-refractivity contribution in [3.8, 4) is 0 Å². The highest BCUT2D eigenvalue weighted by Crippen LogP contribution is 2.24. The second-order valence-electron chi connectivity index (χ2n) is 3.70. The standard InChI is InChI=1S/C14H18O/c1-4-8-14(11(2)12(3)15)13-9-6-5-7-10-13/h4-7,9-10,12,15H,1,8H2,2-3H3/b14-11+. The molecule has 0 heterocycles. The van der Waals surface area contributed by atoms with Crippen molar-refractivity contribution in [1.82, 2.24) is 0 Å². The monoisotopic (exact) mass is 202 g/mol. The lowest BCUT2D eigenvalue weighted by atomic mass is 9.95. The number of hydrogen-bond acceptors (Lipinski definition) is 1. The molecule has 15 heavy (non-hydrogen) atoms. The van der Waals surface area contributed by atoms with E-state index in [1.165, 1.54) is 5.57 Å². The SMILES string of the molecule is C=CC/C(=C(/C)C(C)O)c1ccccc1. The number of aliphatic hydroxyl groups is 1. The second kappa shape index (κ2) is 5.52. The number of hydrogen-bond donors (Lipinski definition) is 1. The van der Waals surface area contributed by atoms with Crippen LogP contribution in [0.2, 0.25) is 0 Å². The third-order valence-corrected chi connectivity index (χ3v) is 2.57. The Labute approximate surface area is 91.8 Å². The minimum atomic E-state index is -0.403. The highest BCUT2D eigenvalue weighted by Gasteiger charge is 2.07. The smallest absolute Gasteiger partial charge is 0.0725 e. The van der Waals surface area contributed by atoms with Crippen molar-refractivity contribution in [2.75, 3.05) is 0 Å². The van der Waals surface area contributed by atoms with Gasteiger partial charge < -0.3 is 5.11 Å². The van der Waals surface area contributed by atoms with Crippen LogP contribution in [-0.4, -0.2) is 11.2 Å². The van der Waals surface area contributed by atoms with E-state index in [9.17, 15) is 5.11 Å². The van der Waals surface area contributed by atoms with E-state index in [1.54, 1.807) is 6.92 Å². The molecule has 0 saturated carbocycles. The normalized spacial score (nSPS) is 14.3. The molecule has 0 saturated heterocycles. The van der Waals surface area contributed by atoms with Gasteiger partial charge in [-0.25, -0.2) is 0 Å². The zero-order chi connectivity index (χ0) is 11.3. The van der Waals surface area contributed by atoms with Crippen LogP contribution in [0.15, 0.2) is 48.6 Å². The van der Waals surface area contributed by atoms with Crippen molar-refractivity contribution in [2.45, 2.75) is 26.4 Å². The van der Waals surface area contributed by atoms with Crippen molar-refractivity contribution in [3.63, 3.8) is 0 Å². The van der Waals surface area contributed by atoms with Crippen LogP contribution in [0.25, 0.3) is 5.57 Å². The lowest BCUT2D eigenvalue weighted by Gasteiger charge is -2.13. The van der Waals surface area contributed by atoms with Crippen LogP contribution >= 0.6 is 0 Å². The van der Waals surface area contributed by atoms with Gasteiger partial charge in [0.25, 0.3) is 0 Å². The van der Waals surface area contributed by atoms with Crippen LogP contribution in [-0.2, 0) is 0 Å². The molecule has 1 heteroatoms. The van der Waals surface area contributed by atoms with E-state index in [1.807, 2.05) is 31.2 Å². The number of rotatable bonds is 4. The highest BCUT2D eigenvalue weighted by atomic mass is 16.3. The lowest BCUT2D eigenvalue weighted by molar-refractivity contribution is 0.232. The Morgan fingerprint density at radius 1 is 1.40 bits per heavy atom. The first-order chi connectivity index (χ1) is 7.16. The molecule has 1 aromatic rings. The summed E-state index contributed by atoms with van der Waals surface area (Å²) in [4.78, 5) is 0. The fourth-order valence-corrected chi connectivity index (χ4v) is 1.54. The van der Waals surface area contributed by atoms with Gasteiger partial charge in [0, 0.05) is 0 Å². The summed E-state index contributed by atoms with van der Waals surface area (Å²) in [6.45, 7) is 7.51. The van der Waals surface area contributed by atoms with Gasteiger partial charge in [-0.15, -0.1) is 6.58 Å². The number of aliphatic hydroxyl groups excluding tert-OH is 1. The maximum Gasteiger partial charge on any atom is 0.0725 e. The molecule has 1 N–H and O–H groups in total. The van der Waals surface area contributed by atoms with E-state index < -0.39 is 6.10 Å². The zero-order valence-corrected chi connectivity index (χ0v) is 9.40. The topological polar surface area (TPSA) is 20.2 Å². The number of benzene rings is 1. The van der Waals surface area contributed by atoms with Crippen LogP contribution in [0.3, 0.4) is 0 Å². The van der Waals surface area contributed by atoms with Gasteiger partial charge in [-0.3, -0.25) is 0 Å². The van der Waals surface area contributed by atoms with Crippen molar-refractivity contribution < 1.29 is 5.11 Å². The average Bonchev–Trinajstić information content (AvgIpc) is 2.26. The maximum absolute atomic E-state index is 9.59. The highest BCUT2D eigenvalue weighted by molar-refractivity contribution is 5.69. The van der Waals surface area contributed by atoms with Crippen LogP contribution in [0.1, 0.15) is 25.8 Å². The first-order valence-electron chi connectivity index (χ1n) is 5.20. The summed E-state index contributed by atoms with van der Waals surface area (Å²) >= 11 is 0. The largest absolute Gasteiger partial charge is 0.389 e. The van der Waals surface area contributed by atoms with Crippen molar-refractivity contribution in [3.05, 3.63) is 54.1 Å². The van der Waals surface area contributed by atoms with Gasteiger partial charge in [0.2, 0.25) is 0 Å². The molecule has 1 aromatic carbocycles. The molecule has 0 aliphatic heterocycles. The van der Waals surface area contributed by atoms with Gasteiger partial charge in [-0.05, 0) is 37.0 Å². The Bertz CT molecular complexity index is 347. The van der Waals surface area contributed by atoms with Crippen LogP contribution in [0.4, 0.5) is 0 Å². The first kappa shape index (κ1) is 11.7. The molecule has 0 fully saturated rings. The second-order valence-corrected chi connectivity index (χ2v) is 3.70. The van der Waals surface area contributed by atoms with E-state index in [4.69, 9.17) is 0 Å². The fraction of sp³-hybridized carbons (Fsp3) is 0.286. The zero-order valence-electron chi connectivity index (χ0n) is 9.40. The summed E-state index contributed by atoms with van der Waals surface area (Å²) in [5.74, 6) is 0. The van der Waals surface area contributed by atoms with Gasteiger partial charge in [0.15, 0.2) is 0 Å². The van der Waals surface area contributed by atoms with Crippen LogP contribution in [0, 0.1) is 0 Å². The molecule has 0 aromatic heterocycles. The Morgan fingerprint density at radius 3 is 2.47 bits per heavy atom. The molecule has 1 nitrogen and oxygen atoms in total. The Hall–Kier alpha value is -1.34. The van der Waals surface area contributed by atoms with E-state index in [0.29, 0.717) is 0 Å². The molecule has 0 radical (unpaired) electrons. The summed E-state index contributed by atoms with van der Waals surface area (Å²) in [5, 5.41) is 9.59. The van der Waals surface area contributed by atoms with Gasteiger partial charge >= 0.3 is 0 Å². The van der Waals surface area contributed by atoms with Gasteiger partial charge in [-0.1, -0.05) is 36.4 Å². The maximum atomic E-state index is 9.59. The van der Waals surface area contributed by atoms with Crippen molar-refractivity contribution >= 4 is 5.57 Å². The molecule has 0 aliphatic rings. The summed E-state index contributed by atoms with van der Waals surface area (Å²) in [6.07, 6.45) is 2.26. The minimum Gasteiger partial charge on any atom is -0.389 e. The molecule has 0 spiro atoms. The van der Waals surface area contributed by atoms with Crippen LogP contribution < -0.4 is 0 Å². The fourth-order valence-electron chi connectivity index (χ4n) is 1.54. The molecular weight excluding hydrogens is 184 g/mol. The number of allylic oxidation sites excluding steroid dienone is 2. The Balaban J connectivity index is 3.14. The van der Waals surface area contributed by atoms with E-state index >= 15 is 0 Å². The molecule has 0 amide bonds. The van der Waals surface area contributed by atoms with Crippen molar-refractivity contribution in [1.29, 1.82) is 0 Å². The first-order valence-corrected chi connectivity index (χ1v) is 5.20. The average molecular weight is 202 g/mol. The van der Waals surface area contributed by atoms with Crippen LogP contribution in [0.5, 0.6) is 0 Å². The molecule has 80 valence electrons. The van der Waals surface area contributed by atoms with Crippen molar-refractivity contribution in [2.24, 2.45) is 0 Å². The molecule has 0 bridgehead atoms.